The first-order chi connectivity index (χ1) is 10.1. The van der Waals surface area contributed by atoms with Gasteiger partial charge in [0.1, 0.15) is 0 Å². The molecule has 4 bridgehead atoms. The van der Waals surface area contributed by atoms with Gasteiger partial charge < -0.3 is 0 Å². The summed E-state index contributed by atoms with van der Waals surface area (Å²) in [5.41, 5.74) is 7.57. The predicted molar refractivity (Wildman–Crippen MR) is 102 cm³/mol. The molecule has 0 aromatic heterocycles. The van der Waals surface area contributed by atoms with Gasteiger partial charge in [-0.2, -0.15) is 0 Å². The Kier molecular flexibility index (Phi) is 2.97. The van der Waals surface area contributed by atoms with Gasteiger partial charge in [0.15, 0.2) is 0 Å². The van der Waals surface area contributed by atoms with E-state index in [1.54, 1.807) is 32.9 Å². The summed E-state index contributed by atoms with van der Waals surface area (Å²) in [5.74, 6) is 0. The van der Waals surface area contributed by atoms with Gasteiger partial charge >= 0.3 is 0 Å². The minimum atomic E-state index is -0.0309. The zero-order chi connectivity index (χ0) is 16.2. The maximum absolute atomic E-state index is 2.50. The molecule has 0 aromatic carbocycles. The van der Waals surface area contributed by atoms with E-state index >= 15 is 0 Å². The van der Waals surface area contributed by atoms with Crippen molar-refractivity contribution in [2.45, 2.75) is 55.4 Å². The summed E-state index contributed by atoms with van der Waals surface area (Å²) in [4.78, 5) is 0. The molecule has 0 aliphatic carbocycles. The van der Waals surface area contributed by atoms with Crippen LogP contribution in [0.25, 0.3) is 0 Å². The van der Waals surface area contributed by atoms with Crippen LogP contribution in [0.5, 0.6) is 0 Å². The lowest BCUT2D eigenvalue weighted by Crippen LogP contribution is -2.19. The largest absolute Gasteiger partial charge is 0.0592 e. The van der Waals surface area contributed by atoms with Crippen LogP contribution >= 0.6 is 15.8 Å². The molecule has 118 valence electrons. The van der Waals surface area contributed by atoms with E-state index in [0.29, 0.717) is 10.8 Å². The van der Waals surface area contributed by atoms with Gasteiger partial charge in [-0.1, -0.05) is 36.1 Å². The lowest BCUT2D eigenvalue weighted by atomic mass is 9.76. The third-order valence-electron chi connectivity index (χ3n) is 7.63. The van der Waals surface area contributed by atoms with Crippen LogP contribution in [0, 0.1) is 10.8 Å². The van der Waals surface area contributed by atoms with Gasteiger partial charge in [-0.15, -0.1) is 0 Å². The summed E-state index contributed by atoms with van der Waals surface area (Å²) in [5, 5.41) is 7.14. The van der Waals surface area contributed by atoms with E-state index in [9.17, 15) is 0 Å². The Morgan fingerprint density at radius 3 is 1.18 bits per heavy atom. The first-order valence-corrected chi connectivity index (χ1v) is 11.5. The van der Waals surface area contributed by atoms with E-state index in [-0.39, 0.29) is 15.8 Å². The van der Waals surface area contributed by atoms with Crippen LogP contribution in [0.15, 0.2) is 43.5 Å². The monoisotopic (exact) mass is 330 g/mol. The van der Waals surface area contributed by atoms with Gasteiger partial charge in [-0.05, 0) is 91.0 Å². The van der Waals surface area contributed by atoms with Crippen LogP contribution in [-0.4, -0.2) is 12.3 Å². The van der Waals surface area contributed by atoms with Crippen LogP contribution < -0.4 is 0 Å². The first-order valence-electron chi connectivity index (χ1n) is 8.48. The second-order valence-corrected chi connectivity index (χ2v) is 12.8. The molecule has 0 nitrogen and oxygen atoms in total. The van der Waals surface area contributed by atoms with Gasteiger partial charge in [-0.25, -0.2) is 0 Å². The number of rotatable bonds is 1. The maximum Gasteiger partial charge on any atom is 0.0148 e. The van der Waals surface area contributed by atoms with E-state index in [1.807, 2.05) is 10.6 Å². The molecule has 0 amide bonds. The molecule has 4 atom stereocenters. The zero-order valence-corrected chi connectivity index (χ0v) is 17.1. The Morgan fingerprint density at radius 2 is 0.909 bits per heavy atom. The Hall–Kier alpha value is -0.180. The molecule has 0 unspecified atom stereocenters. The molecule has 0 spiro atoms. The highest BCUT2D eigenvalue weighted by molar-refractivity contribution is 7.73. The Labute approximate surface area is 138 Å². The van der Waals surface area contributed by atoms with Crippen molar-refractivity contribution in [2.24, 2.45) is 10.8 Å². The fourth-order valence-corrected chi connectivity index (χ4v) is 13.0. The van der Waals surface area contributed by atoms with Crippen molar-refractivity contribution in [2.75, 3.05) is 12.3 Å². The molecule has 4 rings (SSSR count). The lowest BCUT2D eigenvalue weighted by Gasteiger charge is -2.32. The molecule has 0 radical (unpaired) electrons. The van der Waals surface area contributed by atoms with Gasteiger partial charge in [0.05, 0.1) is 0 Å². The minimum Gasteiger partial charge on any atom is -0.0592 e. The third-order valence-corrected chi connectivity index (χ3v) is 14.2. The highest BCUT2D eigenvalue weighted by Crippen LogP contribution is 2.82. The van der Waals surface area contributed by atoms with E-state index in [2.05, 4.69) is 55.4 Å². The summed E-state index contributed by atoms with van der Waals surface area (Å²) in [6, 6.07) is 0. The zero-order valence-electron chi connectivity index (χ0n) is 15.3. The van der Waals surface area contributed by atoms with E-state index < -0.39 is 0 Å². The smallest absolute Gasteiger partial charge is 0.0148 e. The van der Waals surface area contributed by atoms with Crippen LogP contribution in [0.4, 0.5) is 0 Å². The molecule has 0 aromatic rings. The molecule has 0 fully saturated rings. The average Bonchev–Trinajstić information content (AvgIpc) is 3.05. The fraction of sp³-hybridized carbons (Fsp3) is 0.600. The molecule has 4 aliphatic heterocycles. The standard InChI is InChI=1S/C20H28P2/c1-11-15(5)21-9-19(11,7)13(3)17(21)18-14(4)20(8)10-22(18)16(6)12(20)2/h9-10H2,1-8H3/t19-,20-,21+,22+/m1/s1. The first kappa shape index (κ1) is 15.4. The average molecular weight is 330 g/mol. The van der Waals surface area contributed by atoms with Gasteiger partial charge in [0.2, 0.25) is 0 Å². The van der Waals surface area contributed by atoms with Crippen LogP contribution in [0.3, 0.4) is 0 Å². The number of hydrogen-bond acceptors (Lipinski definition) is 0. The maximum atomic E-state index is 2.50. The van der Waals surface area contributed by atoms with E-state index in [1.165, 1.54) is 12.3 Å². The van der Waals surface area contributed by atoms with Crippen molar-refractivity contribution in [1.29, 1.82) is 0 Å². The molecule has 4 heterocycles. The quantitative estimate of drug-likeness (QED) is 0.448. The Balaban J connectivity index is 1.90. The summed E-state index contributed by atoms with van der Waals surface area (Å²) < 4.78 is 0. The summed E-state index contributed by atoms with van der Waals surface area (Å²) >= 11 is 0. The fourth-order valence-electron chi connectivity index (χ4n) is 5.14. The third kappa shape index (κ3) is 1.44. The number of hydrogen-bond donors (Lipinski definition) is 0. The highest BCUT2D eigenvalue weighted by Gasteiger charge is 2.55. The van der Waals surface area contributed by atoms with Gasteiger partial charge in [-0.3, -0.25) is 0 Å². The van der Waals surface area contributed by atoms with Crippen LogP contribution in [-0.2, 0) is 0 Å². The highest BCUT2D eigenvalue weighted by atomic mass is 31.1. The van der Waals surface area contributed by atoms with Crippen molar-refractivity contribution in [3.8, 4) is 0 Å². The van der Waals surface area contributed by atoms with Crippen molar-refractivity contribution in [1.82, 2.24) is 0 Å². The summed E-state index contributed by atoms with van der Waals surface area (Å²) in [6.07, 6.45) is 2.80. The van der Waals surface area contributed by atoms with Crippen molar-refractivity contribution in [3.63, 3.8) is 0 Å². The van der Waals surface area contributed by atoms with Gasteiger partial charge in [0, 0.05) is 10.8 Å². The second-order valence-electron chi connectivity index (χ2n) is 8.20. The van der Waals surface area contributed by atoms with Crippen LogP contribution in [0.1, 0.15) is 55.4 Å². The van der Waals surface area contributed by atoms with Gasteiger partial charge in [0.25, 0.3) is 0 Å². The topological polar surface area (TPSA) is 0 Å². The molecule has 0 N–H and O–H groups in total. The van der Waals surface area contributed by atoms with Crippen LogP contribution in [0.2, 0.25) is 0 Å². The molecular weight excluding hydrogens is 302 g/mol. The van der Waals surface area contributed by atoms with Crippen molar-refractivity contribution < 1.29 is 0 Å². The lowest BCUT2D eigenvalue weighted by molar-refractivity contribution is 0.557. The molecule has 0 saturated heterocycles. The number of allylic oxidation sites excluding steroid dienone is 8. The minimum absolute atomic E-state index is 0.0309. The van der Waals surface area contributed by atoms with Crippen molar-refractivity contribution >= 4 is 15.8 Å². The molecule has 0 saturated carbocycles. The summed E-state index contributed by atoms with van der Waals surface area (Å²) in [6.45, 7) is 19.5. The second kappa shape index (κ2) is 4.26. The van der Waals surface area contributed by atoms with Crippen molar-refractivity contribution in [3.05, 3.63) is 43.5 Å². The molecule has 22 heavy (non-hydrogen) atoms. The SMILES string of the molecule is CC1=C(C)[C@@]2(C)C[P@]1C(C1=C(C)[C@]3(C)C[P@@]1C(C)=C3C)=C2C. The predicted octanol–water partition coefficient (Wildman–Crippen LogP) is 7.15. The molecular formula is C20H28P2. The number of fused-ring (bicyclic) bond motifs is 4. The normalized spacial score (nSPS) is 43.6. The molecule has 4 aliphatic rings. The van der Waals surface area contributed by atoms with E-state index in [4.69, 9.17) is 0 Å². The summed E-state index contributed by atoms with van der Waals surface area (Å²) in [7, 11) is -0.0618. The Bertz CT molecular complexity index is 682. The Morgan fingerprint density at radius 1 is 0.591 bits per heavy atom. The molecule has 2 heteroatoms. The van der Waals surface area contributed by atoms with E-state index in [0.717, 1.165) is 0 Å².